The Morgan fingerprint density at radius 1 is 1.07 bits per heavy atom. The highest BCUT2D eigenvalue weighted by Gasteiger charge is 2.30. The largest absolute Gasteiger partial charge is 0.496 e. The summed E-state index contributed by atoms with van der Waals surface area (Å²) in [6, 6.07) is 15.0. The number of furan rings is 1. The van der Waals surface area contributed by atoms with Crippen LogP contribution < -0.4 is 4.74 Å². The summed E-state index contributed by atoms with van der Waals surface area (Å²) in [6.07, 6.45) is -4.45. The fourth-order valence-corrected chi connectivity index (χ4v) is 2.81. The number of amides is 1. The summed E-state index contributed by atoms with van der Waals surface area (Å²) in [5, 5.41) is 0. The molecule has 2 aromatic carbocycles. The van der Waals surface area contributed by atoms with Gasteiger partial charge >= 0.3 is 6.18 Å². The fourth-order valence-electron chi connectivity index (χ4n) is 2.81. The van der Waals surface area contributed by atoms with Crippen molar-refractivity contribution in [2.45, 2.75) is 12.7 Å². The molecule has 1 heterocycles. The van der Waals surface area contributed by atoms with Crippen molar-refractivity contribution in [2.75, 3.05) is 14.2 Å². The first kappa shape index (κ1) is 19.5. The first-order valence-corrected chi connectivity index (χ1v) is 8.44. The third kappa shape index (κ3) is 4.19. The highest BCUT2D eigenvalue weighted by Crippen LogP contribution is 2.32. The molecule has 3 rings (SSSR count). The van der Waals surface area contributed by atoms with Gasteiger partial charge in [-0.25, -0.2) is 0 Å². The molecule has 28 heavy (non-hydrogen) atoms. The first-order valence-electron chi connectivity index (χ1n) is 8.44. The van der Waals surface area contributed by atoms with E-state index >= 15 is 0 Å². The molecule has 0 saturated heterocycles. The van der Waals surface area contributed by atoms with Gasteiger partial charge in [0.05, 0.1) is 12.7 Å². The lowest BCUT2D eigenvalue weighted by atomic mass is 10.1. The molecule has 0 unspecified atom stereocenters. The van der Waals surface area contributed by atoms with Gasteiger partial charge in [0, 0.05) is 24.7 Å². The van der Waals surface area contributed by atoms with E-state index in [0.29, 0.717) is 12.3 Å². The van der Waals surface area contributed by atoms with E-state index in [1.807, 2.05) is 18.2 Å². The van der Waals surface area contributed by atoms with Crippen molar-refractivity contribution in [3.8, 4) is 17.1 Å². The molecule has 0 spiro atoms. The van der Waals surface area contributed by atoms with Gasteiger partial charge in [-0.2, -0.15) is 13.2 Å². The summed E-state index contributed by atoms with van der Waals surface area (Å²) in [5.74, 6) is 0.514. The van der Waals surface area contributed by atoms with Crippen molar-refractivity contribution in [1.29, 1.82) is 0 Å². The van der Waals surface area contributed by atoms with E-state index in [9.17, 15) is 18.0 Å². The third-order valence-corrected chi connectivity index (χ3v) is 4.24. The first-order chi connectivity index (χ1) is 13.3. The number of alkyl halides is 3. The normalized spacial score (nSPS) is 11.3. The minimum absolute atomic E-state index is 0.0461. The van der Waals surface area contributed by atoms with Crippen LogP contribution >= 0.6 is 0 Å². The Morgan fingerprint density at radius 2 is 1.82 bits per heavy atom. The van der Waals surface area contributed by atoms with Gasteiger partial charge in [-0.15, -0.1) is 0 Å². The predicted octanol–water partition coefficient (Wildman–Crippen LogP) is 5.25. The molecule has 0 bridgehead atoms. The Kier molecular flexibility index (Phi) is 5.44. The number of carbonyl (C=O) groups is 1. The topological polar surface area (TPSA) is 42.7 Å². The van der Waals surface area contributed by atoms with Crippen molar-refractivity contribution in [3.63, 3.8) is 0 Å². The van der Waals surface area contributed by atoms with Crippen molar-refractivity contribution in [2.24, 2.45) is 0 Å². The lowest BCUT2D eigenvalue weighted by Gasteiger charge is -2.17. The molecule has 4 nitrogen and oxygen atoms in total. The second-order valence-electron chi connectivity index (χ2n) is 6.22. The van der Waals surface area contributed by atoms with E-state index < -0.39 is 11.7 Å². The van der Waals surface area contributed by atoms with Crippen molar-refractivity contribution >= 4 is 5.91 Å². The lowest BCUT2D eigenvalue weighted by Crippen LogP contribution is -2.26. The van der Waals surface area contributed by atoms with Gasteiger partial charge in [0.1, 0.15) is 11.5 Å². The van der Waals surface area contributed by atoms with Crippen LogP contribution in [0.15, 0.2) is 65.1 Å². The fraction of sp³-hybridized carbons (Fsp3) is 0.190. The number of carbonyl (C=O) groups excluding carboxylic acids is 1. The smallest absolute Gasteiger partial charge is 0.416 e. The minimum atomic E-state index is -4.45. The molecule has 0 aliphatic carbocycles. The molecule has 0 radical (unpaired) electrons. The van der Waals surface area contributed by atoms with E-state index in [1.54, 1.807) is 20.2 Å². The van der Waals surface area contributed by atoms with Crippen LogP contribution in [-0.2, 0) is 12.7 Å². The maximum atomic E-state index is 12.9. The molecule has 0 aliphatic rings. The zero-order chi connectivity index (χ0) is 20.3. The van der Waals surface area contributed by atoms with Gasteiger partial charge in [-0.05, 0) is 30.3 Å². The summed E-state index contributed by atoms with van der Waals surface area (Å²) in [4.78, 5) is 14.1. The van der Waals surface area contributed by atoms with E-state index in [0.717, 1.165) is 17.7 Å². The van der Waals surface area contributed by atoms with E-state index in [2.05, 4.69) is 0 Å². The third-order valence-electron chi connectivity index (χ3n) is 4.24. The van der Waals surface area contributed by atoms with Gasteiger partial charge in [-0.3, -0.25) is 4.79 Å². The number of halogens is 3. The Labute approximate surface area is 160 Å². The quantitative estimate of drug-likeness (QED) is 0.599. The molecule has 3 aromatic rings. The van der Waals surface area contributed by atoms with Crippen LogP contribution in [0, 0.1) is 0 Å². The number of methoxy groups -OCH3 is 1. The Bertz CT molecular complexity index is 979. The molecule has 1 amide bonds. The molecule has 146 valence electrons. The Balaban J connectivity index is 1.79. The van der Waals surface area contributed by atoms with E-state index in [1.165, 1.54) is 29.2 Å². The number of hydrogen-bond donors (Lipinski definition) is 0. The van der Waals surface area contributed by atoms with Crippen LogP contribution in [0.5, 0.6) is 5.75 Å². The molecule has 0 atom stereocenters. The standard InChI is InChI=1S/C21H18F3NO3/c1-25(13-15-6-3-4-9-17(15)27-2)20(26)19-11-10-18(28-19)14-7-5-8-16(12-14)21(22,23)24/h3-12H,13H2,1-2H3. The van der Waals surface area contributed by atoms with Gasteiger partial charge in [-0.1, -0.05) is 30.3 Å². The van der Waals surface area contributed by atoms with Gasteiger partial charge in [0.15, 0.2) is 5.76 Å². The minimum Gasteiger partial charge on any atom is -0.496 e. The highest BCUT2D eigenvalue weighted by molar-refractivity contribution is 5.92. The maximum absolute atomic E-state index is 12.9. The average Bonchev–Trinajstić information content (AvgIpc) is 3.17. The van der Waals surface area contributed by atoms with Crippen LogP contribution in [0.2, 0.25) is 0 Å². The molecule has 0 fully saturated rings. The summed E-state index contributed by atoms with van der Waals surface area (Å²) >= 11 is 0. The van der Waals surface area contributed by atoms with Crippen LogP contribution in [0.4, 0.5) is 13.2 Å². The highest BCUT2D eigenvalue weighted by atomic mass is 19.4. The monoisotopic (exact) mass is 389 g/mol. The second kappa shape index (κ2) is 7.80. The van der Waals surface area contributed by atoms with E-state index in [-0.39, 0.29) is 23.0 Å². The predicted molar refractivity (Wildman–Crippen MR) is 97.9 cm³/mol. The number of nitrogens with zero attached hydrogens (tertiary/aromatic N) is 1. The summed E-state index contributed by atoms with van der Waals surface area (Å²) in [6.45, 7) is 0.294. The average molecular weight is 389 g/mol. The number of para-hydroxylation sites is 1. The summed E-state index contributed by atoms with van der Waals surface area (Å²) in [5.41, 5.74) is 0.300. The Hall–Kier alpha value is -3.22. The van der Waals surface area contributed by atoms with Gasteiger partial charge in [0.25, 0.3) is 5.91 Å². The van der Waals surface area contributed by atoms with Crippen molar-refractivity contribution in [3.05, 3.63) is 77.6 Å². The summed E-state index contributed by atoms with van der Waals surface area (Å²) < 4.78 is 49.5. The molecule has 0 saturated carbocycles. The van der Waals surface area contributed by atoms with Crippen molar-refractivity contribution in [1.82, 2.24) is 4.90 Å². The maximum Gasteiger partial charge on any atom is 0.416 e. The van der Waals surface area contributed by atoms with E-state index in [4.69, 9.17) is 9.15 Å². The molecular weight excluding hydrogens is 371 g/mol. The number of hydrogen-bond acceptors (Lipinski definition) is 3. The molecular formula is C21H18F3NO3. The number of rotatable bonds is 5. The van der Waals surface area contributed by atoms with Gasteiger partial charge < -0.3 is 14.1 Å². The molecule has 1 aromatic heterocycles. The zero-order valence-electron chi connectivity index (χ0n) is 15.3. The van der Waals surface area contributed by atoms with Crippen LogP contribution in [-0.4, -0.2) is 25.0 Å². The summed E-state index contributed by atoms with van der Waals surface area (Å²) in [7, 11) is 3.16. The van der Waals surface area contributed by atoms with Crippen LogP contribution in [0.1, 0.15) is 21.7 Å². The SMILES string of the molecule is COc1ccccc1CN(C)C(=O)c1ccc(-c2cccc(C(F)(F)F)c2)o1. The van der Waals surface area contributed by atoms with Crippen LogP contribution in [0.3, 0.4) is 0 Å². The molecule has 0 aliphatic heterocycles. The number of benzene rings is 2. The van der Waals surface area contributed by atoms with Crippen molar-refractivity contribution < 1.29 is 27.1 Å². The lowest BCUT2D eigenvalue weighted by molar-refractivity contribution is -0.137. The Morgan fingerprint density at radius 3 is 2.54 bits per heavy atom. The molecule has 7 heteroatoms. The number of ether oxygens (including phenoxy) is 1. The van der Waals surface area contributed by atoms with Crippen LogP contribution in [0.25, 0.3) is 11.3 Å². The molecule has 0 N–H and O–H groups in total. The second-order valence-corrected chi connectivity index (χ2v) is 6.22. The zero-order valence-corrected chi connectivity index (χ0v) is 15.3. The van der Waals surface area contributed by atoms with Gasteiger partial charge in [0.2, 0.25) is 0 Å².